The number of esters is 4. The maximum atomic E-state index is 13.6. The highest BCUT2D eigenvalue weighted by Crippen LogP contribution is 2.49. The molecule has 0 aliphatic carbocycles. The smallest absolute Gasteiger partial charge is 0.320 e. The Morgan fingerprint density at radius 2 is 0.797 bits per heavy atom. The maximum Gasteiger partial charge on any atom is 0.320 e. The number of hydrogen-bond acceptors (Lipinski definition) is 12. The van der Waals surface area contributed by atoms with Gasteiger partial charge in [0.05, 0.1) is 49.6 Å². The Kier molecular flexibility index (Phi) is 15.3. The molecular formula is C48H54N2O12S2. The van der Waals surface area contributed by atoms with Crippen LogP contribution in [-0.4, -0.2) is 82.2 Å². The third-order valence-corrected chi connectivity index (χ3v) is 15.3. The van der Waals surface area contributed by atoms with E-state index in [4.69, 9.17) is 18.9 Å². The minimum Gasteiger partial charge on any atom is -0.468 e. The molecular weight excluding hydrogens is 861 g/mol. The summed E-state index contributed by atoms with van der Waals surface area (Å²) in [6.45, 7) is 15.4. The van der Waals surface area contributed by atoms with E-state index in [1.807, 2.05) is 13.8 Å². The lowest BCUT2D eigenvalue weighted by Gasteiger charge is -2.42. The zero-order chi connectivity index (χ0) is 47.3. The molecule has 2 aliphatic heterocycles. The summed E-state index contributed by atoms with van der Waals surface area (Å²) >= 11 is 0. The summed E-state index contributed by atoms with van der Waals surface area (Å²) in [7, 11) is -2.98. The molecule has 4 aromatic rings. The number of carbonyl (C=O) groups is 4. The molecule has 0 saturated carbocycles. The summed E-state index contributed by atoms with van der Waals surface area (Å²) < 4.78 is 76.7. The molecule has 2 heterocycles. The van der Waals surface area contributed by atoms with Crippen molar-refractivity contribution in [2.45, 2.75) is 49.3 Å². The number of benzene rings is 4. The average Bonchev–Trinajstić information content (AvgIpc) is 3.28. The van der Waals surface area contributed by atoms with E-state index in [-0.39, 0.29) is 22.9 Å². The lowest BCUT2D eigenvalue weighted by atomic mass is 9.71. The zero-order valence-corrected chi connectivity index (χ0v) is 38.8. The van der Waals surface area contributed by atoms with Gasteiger partial charge in [0.1, 0.15) is 0 Å². The van der Waals surface area contributed by atoms with Crippen LogP contribution in [0, 0.1) is 37.5 Å². The first-order valence-electron chi connectivity index (χ1n) is 20.2. The van der Waals surface area contributed by atoms with Crippen molar-refractivity contribution < 1.29 is 55.0 Å². The van der Waals surface area contributed by atoms with Gasteiger partial charge in [-0.1, -0.05) is 96.1 Å². The highest BCUT2D eigenvalue weighted by Gasteiger charge is 2.50. The minimum absolute atomic E-state index is 0.0255. The lowest BCUT2D eigenvalue weighted by molar-refractivity contribution is -0.162. The Morgan fingerprint density at radius 3 is 1.06 bits per heavy atom. The summed E-state index contributed by atoms with van der Waals surface area (Å²) in [6, 6.07) is 27.0. The molecule has 0 aromatic heterocycles. The average molecular weight is 915 g/mol. The molecule has 0 radical (unpaired) electrons. The molecule has 14 nitrogen and oxygen atoms in total. The predicted octanol–water partition coefficient (Wildman–Crippen LogP) is 6.88. The molecule has 4 atom stereocenters. The molecule has 6 rings (SSSR count). The normalized spacial score (nSPS) is 18.1. The van der Waals surface area contributed by atoms with Crippen molar-refractivity contribution in [3.05, 3.63) is 144 Å². The second-order valence-electron chi connectivity index (χ2n) is 15.8. The highest BCUT2D eigenvalue weighted by molar-refractivity contribution is 7.93. The second-order valence-corrected chi connectivity index (χ2v) is 19.5. The molecule has 64 heavy (non-hydrogen) atoms. The van der Waals surface area contributed by atoms with Crippen LogP contribution in [0.2, 0.25) is 0 Å². The van der Waals surface area contributed by atoms with Crippen molar-refractivity contribution in [2.75, 3.05) is 50.1 Å². The number of rotatable bonds is 12. The van der Waals surface area contributed by atoms with E-state index < -0.39 is 79.4 Å². The molecule has 4 aromatic carbocycles. The van der Waals surface area contributed by atoms with E-state index >= 15 is 0 Å². The molecule has 0 saturated heterocycles. The molecule has 0 N–H and O–H groups in total. The molecule has 0 amide bonds. The maximum absolute atomic E-state index is 13.6. The van der Waals surface area contributed by atoms with Crippen molar-refractivity contribution >= 4 is 55.3 Å². The van der Waals surface area contributed by atoms with Crippen LogP contribution in [0.5, 0.6) is 0 Å². The minimum atomic E-state index is -3.90. The van der Waals surface area contributed by atoms with Gasteiger partial charge in [0.2, 0.25) is 0 Å². The topological polar surface area (TPSA) is 180 Å². The number of carbonyl (C=O) groups excluding carboxylic acids is 4. The van der Waals surface area contributed by atoms with Gasteiger partial charge in [0.15, 0.2) is 11.8 Å². The molecule has 16 heteroatoms. The van der Waals surface area contributed by atoms with Crippen LogP contribution in [0.4, 0.5) is 11.4 Å². The fraction of sp³-hybridized carbons (Fsp3) is 0.333. The lowest BCUT2D eigenvalue weighted by Crippen LogP contribution is -2.46. The molecule has 340 valence electrons. The molecule has 0 bridgehead atoms. The summed E-state index contributed by atoms with van der Waals surface area (Å²) in [5.41, 5.74) is 5.09. The number of nitrogens with zero attached hydrogens (tertiary/aromatic N) is 2. The van der Waals surface area contributed by atoms with E-state index in [0.29, 0.717) is 33.6 Å². The highest BCUT2D eigenvalue weighted by atomic mass is 32.2. The second kappa shape index (κ2) is 20.1. The van der Waals surface area contributed by atoms with Crippen LogP contribution < -0.4 is 8.61 Å². The van der Waals surface area contributed by atoms with Gasteiger partial charge in [-0.25, -0.2) is 16.8 Å². The van der Waals surface area contributed by atoms with E-state index in [0.717, 1.165) is 11.1 Å². The van der Waals surface area contributed by atoms with Crippen LogP contribution in [0.1, 0.15) is 47.9 Å². The van der Waals surface area contributed by atoms with Crippen LogP contribution >= 0.6 is 0 Å². The first-order valence-corrected chi connectivity index (χ1v) is 23.1. The van der Waals surface area contributed by atoms with Gasteiger partial charge < -0.3 is 18.9 Å². The van der Waals surface area contributed by atoms with Gasteiger partial charge in [-0.05, 0) is 75.2 Å². The Hall–Kier alpha value is -6.26. The number of aryl methyl sites for hydroxylation is 2. The van der Waals surface area contributed by atoms with Crippen LogP contribution in [0.15, 0.2) is 131 Å². The van der Waals surface area contributed by atoms with Crippen LogP contribution in [-0.2, 0) is 58.2 Å². The van der Waals surface area contributed by atoms with Gasteiger partial charge in [-0.2, -0.15) is 0 Å². The van der Waals surface area contributed by atoms with E-state index in [1.54, 1.807) is 111 Å². The van der Waals surface area contributed by atoms with Crippen molar-refractivity contribution in [3.8, 4) is 0 Å². The third kappa shape index (κ3) is 9.62. The van der Waals surface area contributed by atoms with Crippen molar-refractivity contribution in [2.24, 2.45) is 23.7 Å². The number of ether oxygens (including phenoxy) is 4. The quantitative estimate of drug-likeness (QED) is 0.0623. The van der Waals surface area contributed by atoms with E-state index in [1.165, 1.54) is 37.0 Å². The number of methoxy groups -OCH3 is 4. The fourth-order valence-electron chi connectivity index (χ4n) is 8.37. The van der Waals surface area contributed by atoms with E-state index in [9.17, 15) is 36.0 Å². The summed E-state index contributed by atoms with van der Waals surface area (Å²) in [5.74, 6) is -7.87. The summed E-state index contributed by atoms with van der Waals surface area (Å²) in [6.07, 6.45) is 0. The molecule has 0 unspecified atom stereocenters. The zero-order valence-electron chi connectivity index (χ0n) is 37.1. The number of fused-ring (bicyclic) bond motifs is 2. The number of para-hydroxylation sites is 2. The van der Waals surface area contributed by atoms with Crippen molar-refractivity contribution in [1.82, 2.24) is 0 Å². The Balaban J connectivity index is 0.000000241. The Labute approximate surface area is 375 Å². The van der Waals surface area contributed by atoms with Crippen molar-refractivity contribution in [1.29, 1.82) is 0 Å². The van der Waals surface area contributed by atoms with Gasteiger partial charge in [0.25, 0.3) is 20.0 Å². The standard InChI is InChI=1S/2C24H27NO6S/c2*1-15(2)19-14-25(32(28,29)17-12-10-16(3)11-13-17)20-9-7-6-8-18(20)21(19)22(23(26)30-4)24(27)31-5/h2*6-13,19,21-22H,1,14H2,2-5H3/t2*19-,21+/m00/s1. The summed E-state index contributed by atoms with van der Waals surface area (Å²) in [5, 5.41) is 0. The Bertz CT molecular complexity index is 2430. The SMILES string of the molecule is C=C(C)[C@@H]1CN(S(=O)(=O)c2ccc(C)cc2)c2ccccc2[C@H]1C(C(=O)OC)C(=O)OC.C=C(C)[C@@H]1CN(S(=O)(=O)c2ccc(C)cc2)c2ccccc2[C@H]1C(C(=O)OC)C(=O)OC. The van der Waals surface area contributed by atoms with E-state index in [2.05, 4.69) is 13.2 Å². The first kappa shape index (κ1) is 48.8. The Morgan fingerprint density at radius 1 is 0.516 bits per heavy atom. The van der Waals surface area contributed by atoms with Crippen LogP contribution in [0.25, 0.3) is 0 Å². The summed E-state index contributed by atoms with van der Waals surface area (Å²) in [4.78, 5) is 50.9. The van der Waals surface area contributed by atoms with Gasteiger partial charge >= 0.3 is 23.9 Å². The number of hydrogen-bond donors (Lipinski definition) is 0. The first-order chi connectivity index (χ1) is 30.3. The number of sulfonamides is 2. The van der Waals surface area contributed by atoms with Gasteiger partial charge in [-0.3, -0.25) is 27.8 Å². The third-order valence-electron chi connectivity index (χ3n) is 11.7. The van der Waals surface area contributed by atoms with Crippen LogP contribution in [0.3, 0.4) is 0 Å². The molecule has 2 aliphatic rings. The molecule has 0 fully saturated rings. The number of anilines is 2. The fourth-order valence-corrected chi connectivity index (χ4v) is 11.4. The van der Waals surface area contributed by atoms with Crippen molar-refractivity contribution in [3.63, 3.8) is 0 Å². The largest absolute Gasteiger partial charge is 0.468 e. The van der Waals surface area contributed by atoms with Gasteiger partial charge in [-0.15, -0.1) is 0 Å². The molecule has 0 spiro atoms. The van der Waals surface area contributed by atoms with Gasteiger partial charge in [0, 0.05) is 36.8 Å². The predicted molar refractivity (Wildman–Crippen MR) is 241 cm³/mol. The monoisotopic (exact) mass is 914 g/mol.